The number of aromatic nitrogens is 1. The number of fused-ring (bicyclic) bond motifs is 1. The van der Waals surface area contributed by atoms with E-state index in [1.165, 1.54) is 25.1 Å². The zero-order chi connectivity index (χ0) is 35.7. The number of aliphatic imine (C=N–C) groups is 1. The maximum atomic E-state index is 14.1. The molecule has 2 heterocycles. The first-order valence-corrected chi connectivity index (χ1v) is 15.2. The van der Waals surface area contributed by atoms with Crippen molar-refractivity contribution in [1.29, 1.82) is 10.5 Å². The molecule has 1 aliphatic heterocycles. The molecule has 2 aromatic carbocycles. The van der Waals surface area contributed by atoms with E-state index in [-0.39, 0.29) is 40.9 Å². The molecule has 0 spiro atoms. The van der Waals surface area contributed by atoms with Gasteiger partial charge in [0.1, 0.15) is 11.6 Å². The molecule has 3 aromatic rings. The van der Waals surface area contributed by atoms with Gasteiger partial charge in [0.15, 0.2) is 0 Å². The number of hydrogen-bond donors (Lipinski definition) is 4. The molecule has 0 unspecified atom stereocenters. The van der Waals surface area contributed by atoms with Crippen molar-refractivity contribution in [2.24, 2.45) is 10.4 Å². The van der Waals surface area contributed by atoms with Crippen molar-refractivity contribution in [2.75, 3.05) is 19.0 Å². The van der Waals surface area contributed by atoms with Gasteiger partial charge >= 0.3 is 6.18 Å². The van der Waals surface area contributed by atoms with Crippen molar-refractivity contribution in [3.8, 4) is 18.0 Å². The molecule has 256 valence electrons. The van der Waals surface area contributed by atoms with E-state index < -0.39 is 36.1 Å². The van der Waals surface area contributed by atoms with Crippen LogP contribution in [0.25, 0.3) is 16.5 Å². The van der Waals surface area contributed by atoms with Crippen LogP contribution < -0.4 is 26.3 Å². The van der Waals surface area contributed by atoms with E-state index in [0.717, 1.165) is 19.2 Å². The molecule has 0 bridgehead atoms. The highest BCUT2D eigenvalue weighted by atomic mass is 19.4. The third-order valence-corrected chi connectivity index (χ3v) is 8.84. The number of allylic oxidation sites excluding steroid dienone is 1. The predicted molar refractivity (Wildman–Crippen MR) is 175 cm³/mol. The van der Waals surface area contributed by atoms with Crippen LogP contribution in [0.3, 0.4) is 0 Å². The summed E-state index contributed by atoms with van der Waals surface area (Å²) in [5.41, 5.74) is 4.13. The van der Waals surface area contributed by atoms with Gasteiger partial charge in [-0.3, -0.25) is 10.0 Å². The predicted octanol–water partition coefficient (Wildman–Crippen LogP) is 7.00. The molecule has 1 atom stereocenters. The van der Waals surface area contributed by atoms with Gasteiger partial charge in [-0.2, -0.15) is 23.7 Å². The summed E-state index contributed by atoms with van der Waals surface area (Å²) in [5, 5.41) is 28.9. The Labute approximate surface area is 279 Å². The van der Waals surface area contributed by atoms with Gasteiger partial charge in [0.05, 0.1) is 52.9 Å². The van der Waals surface area contributed by atoms with E-state index in [9.17, 15) is 32.5 Å². The fourth-order valence-corrected chi connectivity index (χ4v) is 5.58. The lowest BCUT2D eigenvalue weighted by Gasteiger charge is -2.29. The van der Waals surface area contributed by atoms with E-state index in [2.05, 4.69) is 44.4 Å². The lowest BCUT2D eigenvalue weighted by atomic mass is 9.91. The van der Waals surface area contributed by atoms with E-state index in [0.29, 0.717) is 28.2 Å². The molecule has 0 saturated heterocycles. The quantitative estimate of drug-likeness (QED) is 0.0908. The molecule has 5 rings (SSSR count). The third kappa shape index (κ3) is 6.54. The number of benzene rings is 2. The molecular weight excluding hydrogens is 645 g/mol. The van der Waals surface area contributed by atoms with E-state index >= 15 is 0 Å². The molecule has 15 heteroatoms. The van der Waals surface area contributed by atoms with Gasteiger partial charge in [-0.25, -0.2) is 13.8 Å². The Morgan fingerprint density at radius 2 is 1.92 bits per heavy atom. The molecule has 4 N–H and O–H groups in total. The van der Waals surface area contributed by atoms with Crippen LogP contribution >= 0.6 is 0 Å². The molecule has 1 fully saturated rings. The third-order valence-electron chi connectivity index (χ3n) is 8.84. The van der Waals surface area contributed by atoms with Gasteiger partial charge in [-0.15, -0.1) is 5.53 Å². The fourth-order valence-electron chi connectivity index (χ4n) is 5.58. The van der Waals surface area contributed by atoms with E-state index in [4.69, 9.17) is 4.74 Å². The summed E-state index contributed by atoms with van der Waals surface area (Å²) in [6, 6.07) is 13.6. The molecule has 2 aliphatic rings. The minimum atomic E-state index is -4.55. The second-order valence-electron chi connectivity index (χ2n) is 12.5. The average Bonchev–Trinajstić information content (AvgIpc) is 3.75. The largest absolute Gasteiger partial charge is 0.481 e. The molecule has 1 aliphatic carbocycles. The van der Waals surface area contributed by atoms with Crippen LogP contribution in [0.15, 0.2) is 65.1 Å². The molecule has 10 nitrogen and oxygen atoms in total. The number of hydrogen-bond acceptors (Lipinski definition) is 10. The number of rotatable bonds is 12. The van der Waals surface area contributed by atoms with Crippen molar-refractivity contribution in [3.05, 3.63) is 76.8 Å². The van der Waals surface area contributed by atoms with Crippen LogP contribution in [0.1, 0.15) is 56.3 Å². The van der Waals surface area contributed by atoms with Crippen LogP contribution in [-0.2, 0) is 0 Å². The second-order valence-corrected chi connectivity index (χ2v) is 12.5. The van der Waals surface area contributed by atoms with Gasteiger partial charge in [0.2, 0.25) is 5.88 Å². The highest BCUT2D eigenvalue weighted by Crippen LogP contribution is 2.48. The Hall–Kier alpha value is -5.41. The smallest absolute Gasteiger partial charge is 0.395 e. The summed E-state index contributed by atoms with van der Waals surface area (Å²) in [5.74, 6) is 0.367. The summed E-state index contributed by atoms with van der Waals surface area (Å²) in [6.07, 6.45) is -3.45. The van der Waals surface area contributed by atoms with Crippen molar-refractivity contribution >= 4 is 34.6 Å². The summed E-state index contributed by atoms with van der Waals surface area (Å²) in [7, 11) is 1.49. The standard InChI is InChI=1S/C34H34F5N9O/c1-19(15-40)27(44-18-32(2,3)34(37,38)39)25-14-21(13-20(16-41)28(25)42-4)45-29(26-17-48(47-46-26)33(10-11-33)31(35)36)23-7-6-8-24-22(23)9-12-43-30(24)49-5/h6-9,12-14,17,29,31,44-47H,4,10-11,18H2,1-3,5H3/b27-19-/t29-/m0/s1. The highest BCUT2D eigenvalue weighted by molar-refractivity contribution is 5.91. The topological polar surface area (TPSA) is 133 Å². The fraction of sp³-hybridized carbons (Fsp3) is 0.353. The normalized spacial score (nSPS) is 16.6. The average molecular weight is 680 g/mol. The van der Waals surface area contributed by atoms with Gasteiger partial charge < -0.3 is 20.8 Å². The summed E-state index contributed by atoms with van der Waals surface area (Å²) in [4.78, 5) is 8.30. The summed E-state index contributed by atoms with van der Waals surface area (Å²) in [6.45, 7) is 6.49. The molecule has 49 heavy (non-hydrogen) atoms. The first-order valence-electron chi connectivity index (χ1n) is 15.2. The van der Waals surface area contributed by atoms with Crippen LogP contribution in [-0.4, -0.2) is 48.5 Å². The monoisotopic (exact) mass is 679 g/mol. The zero-order valence-corrected chi connectivity index (χ0v) is 27.1. The molecule has 0 radical (unpaired) electrons. The molecule has 1 saturated carbocycles. The Morgan fingerprint density at radius 1 is 1.18 bits per heavy atom. The van der Waals surface area contributed by atoms with Crippen molar-refractivity contribution in [2.45, 2.75) is 57.8 Å². The van der Waals surface area contributed by atoms with E-state index in [1.807, 2.05) is 18.2 Å². The Bertz CT molecular complexity index is 1920. The number of ether oxygens (including phenoxy) is 1. The Balaban J connectivity index is 1.66. The van der Waals surface area contributed by atoms with Crippen molar-refractivity contribution < 1.29 is 26.7 Å². The number of halogens is 5. The maximum absolute atomic E-state index is 14.1. The molecule has 0 amide bonds. The lowest BCUT2D eigenvalue weighted by molar-refractivity contribution is -0.208. The van der Waals surface area contributed by atoms with Crippen LogP contribution in [0.4, 0.5) is 33.3 Å². The van der Waals surface area contributed by atoms with Crippen LogP contribution in [0, 0.1) is 28.1 Å². The van der Waals surface area contributed by atoms with Gasteiger partial charge in [0, 0.05) is 35.6 Å². The molecule has 1 aromatic heterocycles. The maximum Gasteiger partial charge on any atom is 0.395 e. The number of nitrogens with one attached hydrogen (secondary N) is 4. The van der Waals surface area contributed by atoms with Crippen LogP contribution in [0.2, 0.25) is 0 Å². The molecular formula is C34H34F5N9O. The van der Waals surface area contributed by atoms with E-state index in [1.54, 1.807) is 30.6 Å². The number of anilines is 1. The highest BCUT2D eigenvalue weighted by Gasteiger charge is 2.56. The number of pyridine rings is 1. The summed E-state index contributed by atoms with van der Waals surface area (Å²) >= 11 is 0. The second kappa shape index (κ2) is 13.2. The first-order chi connectivity index (χ1) is 23.2. The van der Waals surface area contributed by atoms with Gasteiger partial charge in [-0.1, -0.05) is 12.1 Å². The Morgan fingerprint density at radius 3 is 2.51 bits per heavy atom. The SMILES string of the molecule is C=Nc1c(C#N)cc(N[C@H](C2=CN(C3(C(F)F)CC3)NN2)c2cccc3c(OC)nccc23)cc1/C(NCC(C)(C)C(F)(F)F)=C(\C)C#N. The summed E-state index contributed by atoms with van der Waals surface area (Å²) < 4.78 is 75.0. The minimum Gasteiger partial charge on any atom is -0.481 e. The number of alkyl halides is 5. The van der Waals surface area contributed by atoms with Crippen molar-refractivity contribution in [3.63, 3.8) is 0 Å². The minimum absolute atomic E-state index is 0.0282. The number of hydrazine groups is 2. The number of methoxy groups -OCH3 is 1. The number of nitriles is 2. The number of nitrogens with zero attached hydrogens (tertiary/aromatic N) is 5. The first kappa shape index (κ1) is 34.9. The Kier molecular flexibility index (Phi) is 9.43. The van der Waals surface area contributed by atoms with Gasteiger partial charge in [0.25, 0.3) is 6.43 Å². The van der Waals surface area contributed by atoms with Crippen molar-refractivity contribution in [1.82, 2.24) is 26.3 Å². The zero-order valence-electron chi connectivity index (χ0n) is 27.1. The lowest BCUT2D eigenvalue weighted by Crippen LogP contribution is -2.48. The van der Waals surface area contributed by atoms with Gasteiger partial charge in [-0.05, 0) is 75.5 Å². The van der Waals surface area contributed by atoms with Crippen LogP contribution in [0.5, 0.6) is 5.88 Å².